The topological polar surface area (TPSA) is 97.0 Å². The molecule has 8 heteroatoms. The first-order valence-electron chi connectivity index (χ1n) is 8.60. The van der Waals surface area contributed by atoms with Crippen molar-refractivity contribution in [2.45, 2.75) is 37.9 Å². The number of ether oxygens (including phenoxy) is 1. The van der Waals surface area contributed by atoms with Crippen molar-refractivity contribution in [3.63, 3.8) is 0 Å². The predicted molar refractivity (Wildman–Crippen MR) is 87.1 cm³/mol. The van der Waals surface area contributed by atoms with Crippen LogP contribution in [-0.2, 0) is 9.53 Å². The van der Waals surface area contributed by atoms with Crippen LogP contribution >= 0.6 is 0 Å². The standard InChI is InChI=1S/C17H20N4O4/c22-16(12-3-7-18-15-4-8-19-21(12)15)20-9-5-11(6-10-20)13-1-2-14(25-13)17(23)24/h3-4,7-8,11,13-14H,1-2,5-6,9-10H2,(H,23,24)/t13-,14+/m0/s1. The third-order valence-corrected chi connectivity index (χ3v) is 5.19. The van der Waals surface area contributed by atoms with Crippen LogP contribution < -0.4 is 0 Å². The van der Waals surface area contributed by atoms with Gasteiger partial charge in [0.15, 0.2) is 11.8 Å². The zero-order chi connectivity index (χ0) is 17.4. The molecule has 4 heterocycles. The molecular formula is C17H20N4O4. The highest BCUT2D eigenvalue weighted by molar-refractivity contribution is 5.93. The van der Waals surface area contributed by atoms with Crippen molar-refractivity contribution >= 4 is 17.5 Å². The maximum absolute atomic E-state index is 12.8. The molecule has 25 heavy (non-hydrogen) atoms. The van der Waals surface area contributed by atoms with E-state index in [0.717, 1.165) is 19.3 Å². The predicted octanol–water partition coefficient (Wildman–Crippen LogP) is 1.21. The van der Waals surface area contributed by atoms with E-state index in [4.69, 9.17) is 9.84 Å². The second kappa shape index (κ2) is 6.44. The molecule has 0 aliphatic carbocycles. The number of aromatic nitrogens is 3. The van der Waals surface area contributed by atoms with Gasteiger partial charge in [0.2, 0.25) is 0 Å². The summed E-state index contributed by atoms with van der Waals surface area (Å²) in [7, 11) is 0. The number of carbonyl (C=O) groups excluding carboxylic acids is 1. The maximum Gasteiger partial charge on any atom is 0.332 e. The lowest BCUT2D eigenvalue weighted by Gasteiger charge is -2.34. The van der Waals surface area contributed by atoms with Gasteiger partial charge in [-0.1, -0.05) is 0 Å². The summed E-state index contributed by atoms with van der Waals surface area (Å²) in [5, 5.41) is 13.2. The van der Waals surface area contributed by atoms with E-state index >= 15 is 0 Å². The Bertz CT molecular complexity index is 797. The number of hydrogen-bond acceptors (Lipinski definition) is 5. The number of amides is 1. The van der Waals surface area contributed by atoms with E-state index in [1.165, 1.54) is 0 Å². The zero-order valence-corrected chi connectivity index (χ0v) is 13.7. The van der Waals surface area contributed by atoms with Crippen LogP contribution in [0.4, 0.5) is 0 Å². The highest BCUT2D eigenvalue weighted by Gasteiger charge is 2.37. The quantitative estimate of drug-likeness (QED) is 0.899. The summed E-state index contributed by atoms with van der Waals surface area (Å²) in [6.45, 7) is 1.29. The smallest absolute Gasteiger partial charge is 0.332 e. The molecule has 0 radical (unpaired) electrons. The summed E-state index contributed by atoms with van der Waals surface area (Å²) in [5.74, 6) is -0.614. The highest BCUT2D eigenvalue weighted by atomic mass is 16.5. The van der Waals surface area contributed by atoms with Gasteiger partial charge in [-0.05, 0) is 37.7 Å². The van der Waals surface area contributed by atoms with Gasteiger partial charge in [0.05, 0.1) is 12.3 Å². The summed E-state index contributed by atoms with van der Waals surface area (Å²) in [4.78, 5) is 29.8. The molecule has 0 bridgehead atoms. The zero-order valence-electron chi connectivity index (χ0n) is 13.7. The van der Waals surface area contributed by atoms with Crippen LogP contribution in [0.1, 0.15) is 36.2 Å². The van der Waals surface area contributed by atoms with Crippen LogP contribution in [0.15, 0.2) is 24.5 Å². The minimum atomic E-state index is -0.879. The average Bonchev–Trinajstić information content (AvgIpc) is 3.30. The molecular weight excluding hydrogens is 324 g/mol. The average molecular weight is 344 g/mol. The normalized spacial score (nSPS) is 24.7. The number of hydrogen-bond donors (Lipinski definition) is 1. The SMILES string of the molecule is O=C(O)[C@H]1CC[C@@H](C2CCN(C(=O)c3ccnc4ccnn34)CC2)O1. The van der Waals surface area contributed by atoms with Crippen LogP contribution in [0.5, 0.6) is 0 Å². The summed E-state index contributed by atoms with van der Waals surface area (Å²) in [6.07, 6.45) is 5.59. The molecule has 2 saturated heterocycles. The molecule has 0 saturated carbocycles. The lowest BCUT2D eigenvalue weighted by molar-refractivity contribution is -0.150. The Kier molecular flexibility index (Phi) is 4.12. The Morgan fingerprint density at radius 3 is 2.64 bits per heavy atom. The Hall–Kier alpha value is -2.48. The Morgan fingerprint density at radius 2 is 1.92 bits per heavy atom. The van der Waals surface area contributed by atoms with Gasteiger partial charge in [0.25, 0.3) is 5.91 Å². The fourth-order valence-corrected chi connectivity index (χ4v) is 3.82. The summed E-state index contributed by atoms with van der Waals surface area (Å²) in [5.41, 5.74) is 1.16. The Balaban J connectivity index is 1.40. The van der Waals surface area contributed by atoms with E-state index in [-0.39, 0.29) is 12.0 Å². The lowest BCUT2D eigenvalue weighted by atomic mass is 9.89. The molecule has 8 nitrogen and oxygen atoms in total. The van der Waals surface area contributed by atoms with Crippen LogP contribution in [0, 0.1) is 5.92 Å². The van der Waals surface area contributed by atoms with Gasteiger partial charge in [-0.15, -0.1) is 0 Å². The third kappa shape index (κ3) is 2.97. The van der Waals surface area contributed by atoms with E-state index in [1.807, 2.05) is 4.90 Å². The summed E-state index contributed by atoms with van der Waals surface area (Å²) in [6, 6.07) is 3.45. The van der Waals surface area contributed by atoms with E-state index < -0.39 is 12.1 Å². The van der Waals surface area contributed by atoms with Gasteiger partial charge in [-0.3, -0.25) is 4.79 Å². The van der Waals surface area contributed by atoms with Gasteiger partial charge in [0, 0.05) is 25.4 Å². The fraction of sp³-hybridized carbons (Fsp3) is 0.529. The van der Waals surface area contributed by atoms with Crippen LogP contribution in [0.25, 0.3) is 5.65 Å². The van der Waals surface area contributed by atoms with Gasteiger partial charge in [0.1, 0.15) is 5.69 Å². The van der Waals surface area contributed by atoms with Crippen molar-refractivity contribution in [2.75, 3.05) is 13.1 Å². The molecule has 1 amide bonds. The number of rotatable bonds is 3. The second-order valence-corrected chi connectivity index (χ2v) is 6.64. The molecule has 2 aromatic heterocycles. The minimum Gasteiger partial charge on any atom is -0.479 e. The van der Waals surface area contributed by atoms with Gasteiger partial charge >= 0.3 is 5.97 Å². The third-order valence-electron chi connectivity index (χ3n) is 5.19. The molecule has 4 rings (SSSR count). The van der Waals surface area contributed by atoms with Crippen molar-refractivity contribution in [1.82, 2.24) is 19.5 Å². The van der Waals surface area contributed by atoms with Crippen LogP contribution in [0.3, 0.4) is 0 Å². The Morgan fingerprint density at radius 1 is 1.12 bits per heavy atom. The number of likely N-dealkylation sites (tertiary alicyclic amines) is 1. The van der Waals surface area contributed by atoms with Crippen LogP contribution in [-0.4, -0.2) is 61.8 Å². The van der Waals surface area contributed by atoms with E-state index in [0.29, 0.717) is 36.8 Å². The molecule has 2 aliphatic rings. The van der Waals surface area contributed by atoms with E-state index in [2.05, 4.69) is 10.1 Å². The van der Waals surface area contributed by atoms with Gasteiger partial charge in [-0.2, -0.15) is 5.10 Å². The Labute approximate surface area is 144 Å². The van der Waals surface area contributed by atoms with Crippen molar-refractivity contribution in [2.24, 2.45) is 5.92 Å². The van der Waals surface area contributed by atoms with E-state index in [9.17, 15) is 9.59 Å². The molecule has 2 atom stereocenters. The molecule has 0 aromatic carbocycles. The maximum atomic E-state index is 12.8. The number of fused-ring (bicyclic) bond motifs is 1. The molecule has 2 aliphatic heterocycles. The fourth-order valence-electron chi connectivity index (χ4n) is 3.82. The molecule has 2 aromatic rings. The largest absolute Gasteiger partial charge is 0.479 e. The first-order chi connectivity index (χ1) is 12.1. The van der Waals surface area contributed by atoms with Crippen molar-refractivity contribution in [3.8, 4) is 0 Å². The van der Waals surface area contributed by atoms with Crippen molar-refractivity contribution in [3.05, 3.63) is 30.2 Å². The number of piperidine rings is 1. The van der Waals surface area contributed by atoms with Crippen LogP contribution in [0.2, 0.25) is 0 Å². The van der Waals surface area contributed by atoms with Gasteiger partial charge in [-0.25, -0.2) is 14.3 Å². The van der Waals surface area contributed by atoms with Gasteiger partial charge < -0.3 is 14.7 Å². The molecule has 1 N–H and O–H groups in total. The van der Waals surface area contributed by atoms with Crippen molar-refractivity contribution in [1.29, 1.82) is 0 Å². The number of aliphatic carboxylic acids is 1. The molecule has 132 valence electrons. The number of carbonyl (C=O) groups is 2. The molecule has 2 fully saturated rings. The number of nitrogens with zero attached hydrogens (tertiary/aromatic N) is 4. The monoisotopic (exact) mass is 344 g/mol. The first kappa shape index (κ1) is 16.0. The summed E-state index contributed by atoms with van der Waals surface area (Å²) < 4.78 is 7.23. The minimum absolute atomic E-state index is 0.00269. The molecule has 0 spiro atoms. The first-order valence-corrected chi connectivity index (χ1v) is 8.60. The van der Waals surface area contributed by atoms with Crippen molar-refractivity contribution < 1.29 is 19.4 Å². The summed E-state index contributed by atoms with van der Waals surface area (Å²) >= 11 is 0. The van der Waals surface area contributed by atoms with E-state index in [1.54, 1.807) is 29.0 Å². The highest BCUT2D eigenvalue weighted by Crippen LogP contribution is 2.32. The molecule has 0 unspecified atom stereocenters. The number of carboxylic acid groups (broad SMARTS) is 1. The second-order valence-electron chi connectivity index (χ2n) is 6.64. The number of carboxylic acids is 1. The lowest BCUT2D eigenvalue weighted by Crippen LogP contribution is -2.42.